The van der Waals surface area contributed by atoms with Gasteiger partial charge in [-0.1, -0.05) is 54.1 Å². The van der Waals surface area contributed by atoms with Crippen molar-refractivity contribution in [3.63, 3.8) is 0 Å². The predicted molar refractivity (Wildman–Crippen MR) is 136 cm³/mol. The molecule has 3 aromatic rings. The molecule has 36 heavy (non-hydrogen) atoms. The number of aryl methyl sites for hydroxylation is 1. The predicted octanol–water partition coefficient (Wildman–Crippen LogP) is 6.37. The number of hydrogen-bond acceptors (Lipinski definition) is 4. The van der Waals surface area contributed by atoms with E-state index in [2.05, 4.69) is 6.07 Å². The zero-order chi connectivity index (χ0) is 25.5. The molecule has 0 spiro atoms. The molecule has 4 rings (SSSR count). The van der Waals surface area contributed by atoms with Gasteiger partial charge >= 0.3 is 5.97 Å². The van der Waals surface area contributed by atoms with Gasteiger partial charge in [0.25, 0.3) is 0 Å². The number of aliphatic carboxylic acids is 1. The molecule has 2 aromatic carbocycles. The standard InChI is InChI=1S/C28H29ClFN3O3/c29-23-9-4-8-22(27(23)30)26-24(10-5-15-31)32-33(28(26)21-6-2-1-3-7-21)16-19-11-13-20(14-12-19)17-36-18-25(34)35/h1-4,6-9,19-20H,5,10-14,16-18H2,(H,34,35)/t19-,20-. The molecule has 0 aliphatic heterocycles. The summed E-state index contributed by atoms with van der Waals surface area (Å²) in [6.07, 6.45) is 4.57. The van der Waals surface area contributed by atoms with E-state index in [1.807, 2.05) is 35.0 Å². The number of aromatic nitrogens is 2. The lowest BCUT2D eigenvalue weighted by atomic mass is 9.82. The Morgan fingerprint density at radius 1 is 1.14 bits per heavy atom. The second kappa shape index (κ2) is 12.2. The molecule has 0 saturated heterocycles. The van der Waals surface area contributed by atoms with Crippen LogP contribution < -0.4 is 0 Å². The van der Waals surface area contributed by atoms with Crippen LogP contribution in [0.15, 0.2) is 48.5 Å². The van der Waals surface area contributed by atoms with Gasteiger partial charge in [-0.2, -0.15) is 10.4 Å². The molecule has 1 saturated carbocycles. The van der Waals surface area contributed by atoms with E-state index < -0.39 is 11.8 Å². The smallest absolute Gasteiger partial charge is 0.329 e. The van der Waals surface area contributed by atoms with E-state index in [-0.39, 0.29) is 18.1 Å². The third kappa shape index (κ3) is 6.13. The third-order valence-electron chi connectivity index (χ3n) is 6.74. The summed E-state index contributed by atoms with van der Waals surface area (Å²) in [5, 5.41) is 23.0. The lowest BCUT2D eigenvalue weighted by Gasteiger charge is -2.28. The minimum absolute atomic E-state index is 0.0499. The number of carbonyl (C=O) groups is 1. The average Bonchev–Trinajstić information content (AvgIpc) is 3.23. The Bertz CT molecular complexity index is 1230. The molecule has 1 fully saturated rings. The molecule has 8 heteroatoms. The first-order valence-electron chi connectivity index (χ1n) is 12.2. The number of hydrogen-bond donors (Lipinski definition) is 1. The van der Waals surface area contributed by atoms with Gasteiger partial charge in [-0.3, -0.25) is 4.68 Å². The van der Waals surface area contributed by atoms with Gasteiger partial charge in [0.2, 0.25) is 0 Å². The first-order valence-corrected chi connectivity index (χ1v) is 12.6. The molecule has 0 radical (unpaired) electrons. The second-order valence-electron chi connectivity index (χ2n) is 9.27. The number of halogens is 2. The Morgan fingerprint density at radius 3 is 2.56 bits per heavy atom. The molecule has 0 atom stereocenters. The van der Waals surface area contributed by atoms with Crippen LogP contribution in [0.25, 0.3) is 22.4 Å². The molecule has 188 valence electrons. The van der Waals surface area contributed by atoms with Crippen molar-refractivity contribution in [2.45, 2.75) is 45.1 Å². The van der Waals surface area contributed by atoms with Crippen molar-refractivity contribution in [1.82, 2.24) is 9.78 Å². The summed E-state index contributed by atoms with van der Waals surface area (Å²) >= 11 is 6.15. The molecule has 1 N–H and O–H groups in total. The Hall–Kier alpha value is -3.21. The highest BCUT2D eigenvalue weighted by atomic mass is 35.5. The first kappa shape index (κ1) is 25.9. The lowest BCUT2D eigenvalue weighted by molar-refractivity contribution is -0.142. The molecule has 1 aliphatic carbocycles. The van der Waals surface area contributed by atoms with E-state index >= 15 is 4.39 Å². The van der Waals surface area contributed by atoms with Crippen molar-refractivity contribution in [2.24, 2.45) is 11.8 Å². The van der Waals surface area contributed by atoms with E-state index in [1.165, 1.54) is 6.07 Å². The van der Waals surface area contributed by atoms with E-state index in [9.17, 15) is 10.1 Å². The van der Waals surface area contributed by atoms with Crippen molar-refractivity contribution in [2.75, 3.05) is 13.2 Å². The van der Waals surface area contributed by atoms with Gasteiger partial charge in [0.15, 0.2) is 0 Å². The van der Waals surface area contributed by atoms with E-state index in [1.54, 1.807) is 12.1 Å². The van der Waals surface area contributed by atoms with Crippen LogP contribution in [0.2, 0.25) is 5.02 Å². The fraction of sp³-hybridized carbons (Fsp3) is 0.393. The first-order chi connectivity index (χ1) is 17.5. The Morgan fingerprint density at radius 2 is 1.86 bits per heavy atom. The van der Waals surface area contributed by atoms with Crippen LogP contribution in [0, 0.1) is 29.0 Å². The highest BCUT2D eigenvalue weighted by Gasteiger charge is 2.27. The zero-order valence-electron chi connectivity index (χ0n) is 20.0. The fourth-order valence-corrected chi connectivity index (χ4v) is 5.17. The topological polar surface area (TPSA) is 88.1 Å². The lowest BCUT2D eigenvalue weighted by Crippen LogP contribution is -2.23. The van der Waals surface area contributed by atoms with Crippen molar-refractivity contribution in [1.29, 1.82) is 5.26 Å². The number of ether oxygens (including phenoxy) is 1. The minimum atomic E-state index is -0.949. The summed E-state index contributed by atoms with van der Waals surface area (Å²) in [4.78, 5) is 10.7. The van der Waals surface area contributed by atoms with Gasteiger partial charge in [0.1, 0.15) is 12.4 Å². The maximum atomic E-state index is 15.3. The normalized spacial score (nSPS) is 17.6. The fourth-order valence-electron chi connectivity index (χ4n) is 5.00. The van der Waals surface area contributed by atoms with Crippen LogP contribution in [0.1, 0.15) is 37.8 Å². The van der Waals surface area contributed by atoms with Crippen LogP contribution in [0.3, 0.4) is 0 Å². The van der Waals surface area contributed by atoms with E-state index in [0.29, 0.717) is 48.2 Å². The maximum Gasteiger partial charge on any atom is 0.329 e. The largest absolute Gasteiger partial charge is 0.480 e. The van der Waals surface area contributed by atoms with E-state index in [0.717, 1.165) is 36.9 Å². The summed E-state index contributed by atoms with van der Waals surface area (Å²) in [6.45, 7) is 0.878. The quantitative estimate of drug-likeness (QED) is 0.343. The van der Waals surface area contributed by atoms with Gasteiger partial charge in [-0.15, -0.1) is 0 Å². The number of nitrogens with zero attached hydrogens (tertiary/aromatic N) is 3. The van der Waals surface area contributed by atoms with E-state index in [4.69, 9.17) is 26.5 Å². The highest BCUT2D eigenvalue weighted by molar-refractivity contribution is 6.31. The maximum absolute atomic E-state index is 15.3. The van der Waals surface area contributed by atoms with Crippen LogP contribution in [-0.2, 0) is 22.5 Å². The molecule has 1 heterocycles. The van der Waals surface area contributed by atoms with Crippen molar-refractivity contribution >= 4 is 17.6 Å². The van der Waals surface area contributed by atoms with Crippen molar-refractivity contribution < 1.29 is 19.0 Å². The van der Waals surface area contributed by atoms with Crippen LogP contribution in [-0.4, -0.2) is 34.1 Å². The number of nitriles is 1. The van der Waals surface area contributed by atoms with Gasteiger partial charge in [-0.25, -0.2) is 9.18 Å². The monoisotopic (exact) mass is 509 g/mol. The molecule has 1 aromatic heterocycles. The number of benzene rings is 2. The Labute approximate surface area is 215 Å². The zero-order valence-corrected chi connectivity index (χ0v) is 20.8. The van der Waals surface area contributed by atoms with Crippen molar-refractivity contribution in [3.05, 3.63) is 65.1 Å². The van der Waals surface area contributed by atoms with Gasteiger partial charge in [0.05, 0.1) is 29.1 Å². The molecule has 1 aliphatic rings. The van der Waals surface area contributed by atoms with Crippen LogP contribution in [0.5, 0.6) is 0 Å². The summed E-state index contributed by atoms with van der Waals surface area (Å²) in [5.41, 5.74) is 3.52. The summed E-state index contributed by atoms with van der Waals surface area (Å²) < 4.78 is 22.5. The molecule has 0 amide bonds. The molecule has 0 bridgehead atoms. The SMILES string of the molecule is N#CCCc1nn(C[C@H]2CC[C@H](COCC(=O)O)CC2)c(-c2ccccc2)c1-c1cccc(Cl)c1F. The van der Waals surface area contributed by atoms with Gasteiger partial charge in [0, 0.05) is 36.1 Å². The second-order valence-corrected chi connectivity index (χ2v) is 9.68. The Kier molecular flexibility index (Phi) is 8.74. The number of carboxylic acids is 1. The third-order valence-corrected chi connectivity index (χ3v) is 7.04. The molecule has 0 unspecified atom stereocenters. The number of rotatable bonds is 10. The molecular formula is C28H29ClFN3O3. The molecule has 6 nitrogen and oxygen atoms in total. The average molecular weight is 510 g/mol. The van der Waals surface area contributed by atoms with Gasteiger partial charge in [-0.05, 0) is 43.6 Å². The number of carboxylic acid groups (broad SMARTS) is 1. The molecular weight excluding hydrogens is 481 g/mol. The van der Waals surface area contributed by atoms with Crippen molar-refractivity contribution in [3.8, 4) is 28.5 Å². The highest BCUT2D eigenvalue weighted by Crippen LogP contribution is 2.40. The van der Waals surface area contributed by atoms with Gasteiger partial charge < -0.3 is 9.84 Å². The van der Waals surface area contributed by atoms with Crippen LogP contribution >= 0.6 is 11.6 Å². The summed E-state index contributed by atoms with van der Waals surface area (Å²) in [5.74, 6) is -0.705. The van der Waals surface area contributed by atoms with Crippen LogP contribution in [0.4, 0.5) is 4.39 Å². The minimum Gasteiger partial charge on any atom is -0.480 e. The summed E-state index contributed by atoms with van der Waals surface area (Å²) in [7, 11) is 0. The summed E-state index contributed by atoms with van der Waals surface area (Å²) in [6, 6.07) is 17.0. The Balaban J connectivity index is 1.66.